The minimum atomic E-state index is -0.622. The highest BCUT2D eigenvalue weighted by Crippen LogP contribution is 2.37. The van der Waals surface area contributed by atoms with Gasteiger partial charge in [0.25, 0.3) is 23.4 Å². The van der Waals surface area contributed by atoms with Crippen molar-refractivity contribution in [1.82, 2.24) is 10.0 Å². The van der Waals surface area contributed by atoms with Gasteiger partial charge in [0.2, 0.25) is 0 Å². The molecule has 0 bridgehead atoms. The zero-order chi connectivity index (χ0) is 22.1. The first-order chi connectivity index (χ1) is 14.9. The summed E-state index contributed by atoms with van der Waals surface area (Å²) in [5.74, 6) is -2.64. The number of benzene rings is 2. The second-order valence-electron chi connectivity index (χ2n) is 7.40. The quantitative estimate of drug-likeness (QED) is 0.305. The molecule has 1 aliphatic carbocycles. The molecular formula is C22H18ClN3O5. The zero-order valence-electron chi connectivity index (χ0n) is 16.3. The molecule has 9 heteroatoms. The fraction of sp³-hybridized carbons (Fsp3) is 0.227. The summed E-state index contributed by atoms with van der Waals surface area (Å²) >= 11 is 5.91. The highest BCUT2D eigenvalue weighted by atomic mass is 35.5. The summed E-state index contributed by atoms with van der Waals surface area (Å²) in [5.41, 5.74) is 0.217. The molecule has 2 atom stereocenters. The molecule has 4 rings (SSSR count). The number of hydrazine groups is 1. The van der Waals surface area contributed by atoms with Crippen molar-refractivity contribution < 1.29 is 19.3 Å². The molecule has 0 radical (unpaired) electrons. The maximum absolute atomic E-state index is 13.4. The first kappa shape index (κ1) is 20.7. The van der Waals surface area contributed by atoms with E-state index in [4.69, 9.17) is 11.6 Å². The number of allylic oxidation sites excluding steroid dienone is 2. The molecule has 158 valence electrons. The summed E-state index contributed by atoms with van der Waals surface area (Å²) in [6.45, 7) is -0.303. The van der Waals surface area contributed by atoms with E-state index in [9.17, 15) is 24.5 Å². The van der Waals surface area contributed by atoms with E-state index < -0.39 is 34.5 Å². The Morgan fingerprint density at radius 2 is 1.61 bits per heavy atom. The number of nitro groups is 1. The number of halogens is 1. The number of para-hydroxylation sites is 1. The monoisotopic (exact) mass is 439 g/mol. The minimum absolute atomic E-state index is 0.199. The number of amides is 3. The normalized spacial score (nSPS) is 20.0. The van der Waals surface area contributed by atoms with Crippen LogP contribution in [-0.2, 0) is 16.1 Å². The molecule has 0 N–H and O–H groups in total. The van der Waals surface area contributed by atoms with E-state index in [1.54, 1.807) is 6.07 Å². The van der Waals surface area contributed by atoms with E-state index in [1.165, 1.54) is 42.5 Å². The van der Waals surface area contributed by atoms with Gasteiger partial charge in [-0.25, -0.2) is 5.01 Å². The predicted octanol–water partition coefficient (Wildman–Crippen LogP) is 3.76. The molecule has 1 saturated heterocycles. The molecule has 1 fully saturated rings. The van der Waals surface area contributed by atoms with Gasteiger partial charge in [-0.2, -0.15) is 5.01 Å². The van der Waals surface area contributed by atoms with Crippen LogP contribution < -0.4 is 0 Å². The number of hydrogen-bond donors (Lipinski definition) is 0. The average Bonchev–Trinajstić information content (AvgIpc) is 3.03. The average molecular weight is 440 g/mol. The Labute approximate surface area is 182 Å². The van der Waals surface area contributed by atoms with E-state index in [1.807, 2.05) is 12.2 Å². The van der Waals surface area contributed by atoms with Gasteiger partial charge in [-0.1, -0.05) is 42.0 Å². The molecule has 1 aliphatic heterocycles. The van der Waals surface area contributed by atoms with Crippen molar-refractivity contribution >= 4 is 35.0 Å². The fourth-order valence-electron chi connectivity index (χ4n) is 3.98. The topological polar surface area (TPSA) is 101 Å². The second kappa shape index (κ2) is 8.31. The molecule has 2 aliphatic rings. The lowest BCUT2D eigenvalue weighted by molar-refractivity contribution is -0.385. The van der Waals surface area contributed by atoms with E-state index >= 15 is 0 Å². The highest BCUT2D eigenvalue weighted by molar-refractivity contribution is 6.30. The molecular weight excluding hydrogens is 422 g/mol. The van der Waals surface area contributed by atoms with Gasteiger partial charge in [0.1, 0.15) is 0 Å². The van der Waals surface area contributed by atoms with E-state index in [-0.39, 0.29) is 23.4 Å². The molecule has 2 aromatic rings. The largest absolute Gasteiger partial charge is 0.274 e. The van der Waals surface area contributed by atoms with Crippen LogP contribution in [0.25, 0.3) is 0 Å². The minimum Gasteiger partial charge on any atom is -0.272 e. The van der Waals surface area contributed by atoms with Crippen molar-refractivity contribution in [3.63, 3.8) is 0 Å². The number of carbonyl (C=O) groups excluding carboxylic acids is 3. The van der Waals surface area contributed by atoms with Crippen LogP contribution in [0, 0.1) is 22.0 Å². The molecule has 1 heterocycles. The van der Waals surface area contributed by atoms with Gasteiger partial charge in [0, 0.05) is 16.7 Å². The van der Waals surface area contributed by atoms with E-state index in [0.29, 0.717) is 17.9 Å². The van der Waals surface area contributed by atoms with Crippen LogP contribution in [-0.4, -0.2) is 32.7 Å². The lowest BCUT2D eigenvalue weighted by atomic mass is 9.85. The molecule has 2 aromatic carbocycles. The standard InChI is InChI=1S/C22H18ClN3O5/c23-16-11-9-14(10-12-16)20(27)24(13-15-5-1-4-8-19(15)26(30)31)25-21(28)17-6-2-3-7-18(17)22(25)29/h1-5,8-12,17-18H,6-7,13H2/t17-,18+. The van der Waals surface area contributed by atoms with Crippen molar-refractivity contribution in [2.75, 3.05) is 0 Å². The zero-order valence-corrected chi connectivity index (χ0v) is 17.1. The van der Waals surface area contributed by atoms with Crippen molar-refractivity contribution in [1.29, 1.82) is 0 Å². The Kier molecular flexibility index (Phi) is 5.56. The number of fused-ring (bicyclic) bond motifs is 1. The number of rotatable bonds is 5. The number of imide groups is 1. The number of carbonyl (C=O) groups is 3. The molecule has 3 amide bonds. The Hall–Kier alpha value is -3.52. The summed E-state index contributed by atoms with van der Waals surface area (Å²) < 4.78 is 0. The van der Waals surface area contributed by atoms with Crippen molar-refractivity contribution in [3.05, 3.63) is 86.9 Å². The Morgan fingerprint density at radius 3 is 2.19 bits per heavy atom. The lowest BCUT2D eigenvalue weighted by Crippen LogP contribution is -2.49. The Morgan fingerprint density at radius 1 is 1.03 bits per heavy atom. The lowest BCUT2D eigenvalue weighted by Gasteiger charge is -2.30. The van der Waals surface area contributed by atoms with Crippen LogP contribution in [0.15, 0.2) is 60.7 Å². The predicted molar refractivity (Wildman–Crippen MR) is 112 cm³/mol. The highest BCUT2D eigenvalue weighted by Gasteiger charge is 2.51. The van der Waals surface area contributed by atoms with Gasteiger partial charge < -0.3 is 0 Å². The summed E-state index contributed by atoms with van der Waals surface area (Å²) in [5, 5.41) is 13.8. The third-order valence-corrected chi connectivity index (χ3v) is 5.81. The Balaban J connectivity index is 1.75. The molecule has 0 unspecified atom stereocenters. The first-order valence-corrected chi connectivity index (χ1v) is 10.1. The van der Waals surface area contributed by atoms with Crippen LogP contribution in [0.3, 0.4) is 0 Å². The molecule has 0 spiro atoms. The van der Waals surface area contributed by atoms with Crippen LogP contribution in [0.5, 0.6) is 0 Å². The van der Waals surface area contributed by atoms with Gasteiger partial charge in [0.15, 0.2) is 0 Å². The van der Waals surface area contributed by atoms with Crippen LogP contribution >= 0.6 is 11.6 Å². The molecule has 8 nitrogen and oxygen atoms in total. The molecule has 0 saturated carbocycles. The SMILES string of the molecule is O=C(c1ccc(Cl)cc1)N(Cc1ccccc1[N+](=O)[O-])N1C(=O)[C@H]2CC=CC[C@H]2C1=O. The number of nitrogens with zero attached hydrogens (tertiary/aromatic N) is 3. The van der Waals surface area contributed by atoms with Gasteiger partial charge in [-0.05, 0) is 37.1 Å². The summed E-state index contributed by atoms with van der Waals surface area (Å²) in [7, 11) is 0. The fourth-order valence-corrected chi connectivity index (χ4v) is 4.11. The molecule has 31 heavy (non-hydrogen) atoms. The third kappa shape index (κ3) is 3.82. The van der Waals surface area contributed by atoms with Crippen molar-refractivity contribution in [3.8, 4) is 0 Å². The van der Waals surface area contributed by atoms with Gasteiger partial charge in [-0.15, -0.1) is 0 Å². The van der Waals surface area contributed by atoms with Crippen LogP contribution in [0.4, 0.5) is 5.69 Å². The van der Waals surface area contributed by atoms with Crippen LogP contribution in [0.1, 0.15) is 28.8 Å². The second-order valence-corrected chi connectivity index (χ2v) is 7.84. The maximum Gasteiger partial charge on any atom is 0.274 e. The van der Waals surface area contributed by atoms with Crippen LogP contribution in [0.2, 0.25) is 5.02 Å². The number of nitro benzene ring substituents is 1. The maximum atomic E-state index is 13.4. The van der Waals surface area contributed by atoms with Gasteiger partial charge >= 0.3 is 0 Å². The van der Waals surface area contributed by atoms with Gasteiger partial charge in [-0.3, -0.25) is 24.5 Å². The van der Waals surface area contributed by atoms with Gasteiger partial charge in [0.05, 0.1) is 28.9 Å². The molecule has 0 aromatic heterocycles. The first-order valence-electron chi connectivity index (χ1n) is 9.71. The summed E-state index contributed by atoms with van der Waals surface area (Å²) in [6, 6.07) is 11.9. The smallest absolute Gasteiger partial charge is 0.272 e. The summed E-state index contributed by atoms with van der Waals surface area (Å²) in [6.07, 6.45) is 4.53. The van der Waals surface area contributed by atoms with E-state index in [2.05, 4.69) is 0 Å². The van der Waals surface area contributed by atoms with Crippen molar-refractivity contribution in [2.45, 2.75) is 19.4 Å². The summed E-state index contributed by atoms with van der Waals surface area (Å²) in [4.78, 5) is 50.5. The van der Waals surface area contributed by atoms with E-state index in [0.717, 1.165) is 10.0 Å². The van der Waals surface area contributed by atoms with Crippen molar-refractivity contribution in [2.24, 2.45) is 11.8 Å². The number of hydrogen-bond acceptors (Lipinski definition) is 5. The third-order valence-electron chi connectivity index (χ3n) is 5.56. The Bertz CT molecular complexity index is 1070.